The molecule has 72 heavy (non-hydrogen) atoms. The number of fused-ring (bicyclic) bond motifs is 2. The zero-order chi connectivity index (χ0) is 51.5. The summed E-state index contributed by atoms with van der Waals surface area (Å²) in [6.07, 6.45) is 7.13. The van der Waals surface area contributed by atoms with Crippen LogP contribution in [0, 0.1) is 0 Å². The lowest BCUT2D eigenvalue weighted by Gasteiger charge is -2.27. The van der Waals surface area contributed by atoms with Crippen LogP contribution in [0.2, 0.25) is 0 Å². The number of carbonyl (C=O) groups is 1. The number of thioether (sulfide) groups is 1. The summed E-state index contributed by atoms with van der Waals surface area (Å²) < 4.78 is 102. The van der Waals surface area contributed by atoms with E-state index in [1.807, 2.05) is 36.4 Å². The molecule has 3 aromatic rings. The van der Waals surface area contributed by atoms with Crippen LogP contribution in [0.1, 0.15) is 96.4 Å². The molecule has 4 heterocycles. The van der Waals surface area contributed by atoms with Gasteiger partial charge < -0.3 is 37.6 Å². The Balaban J connectivity index is 0.00000847. The maximum atomic E-state index is 14.8. The van der Waals surface area contributed by atoms with Crippen molar-refractivity contribution in [3.63, 3.8) is 0 Å². The largest absolute Gasteiger partial charge is 1.00 e. The van der Waals surface area contributed by atoms with Gasteiger partial charge in [-0.1, -0.05) is 62.4 Å². The van der Waals surface area contributed by atoms with Crippen LogP contribution in [-0.4, -0.2) is 117 Å². The third-order valence-electron chi connectivity index (χ3n) is 13.5. The Morgan fingerprint density at radius 2 is 1.58 bits per heavy atom. The normalized spacial score (nSPS) is 22.5. The molecule has 16 nitrogen and oxygen atoms in total. The highest BCUT2D eigenvalue weighted by atomic mass is 35.5. The number of hydrogen-bond donors (Lipinski definition) is 5. The summed E-state index contributed by atoms with van der Waals surface area (Å²) in [6.45, 7) is 8.73. The minimum atomic E-state index is -4.11. The average molecular weight is 1080 g/mol. The molecule has 0 unspecified atom stereocenters. The van der Waals surface area contributed by atoms with Crippen LogP contribution >= 0.6 is 11.8 Å². The van der Waals surface area contributed by atoms with E-state index in [4.69, 9.17) is 4.74 Å². The molecule has 1 fully saturated rings. The lowest BCUT2D eigenvalue weighted by atomic mass is 9.81. The topological polar surface area (TPSA) is 229 Å². The summed E-state index contributed by atoms with van der Waals surface area (Å²) in [7, 11) is -8.22. The van der Waals surface area contributed by atoms with Gasteiger partial charge >= 0.3 is 11.6 Å². The van der Waals surface area contributed by atoms with E-state index in [1.165, 1.54) is 17.8 Å². The maximum Gasteiger partial charge on any atom is 0.351 e. The number of nitrogens with one attached hydrogen (secondary N) is 1. The van der Waals surface area contributed by atoms with Gasteiger partial charge in [-0.2, -0.15) is 35.2 Å². The van der Waals surface area contributed by atoms with Crippen LogP contribution in [-0.2, 0) is 40.6 Å². The van der Waals surface area contributed by atoms with Gasteiger partial charge in [0.15, 0.2) is 11.8 Å². The van der Waals surface area contributed by atoms with Crippen LogP contribution in [0.15, 0.2) is 112 Å². The number of aromatic nitrogens is 2. The zero-order valence-electron chi connectivity index (χ0n) is 40.5. The molecule has 392 valence electrons. The summed E-state index contributed by atoms with van der Waals surface area (Å²) >= 11 is 1.50. The molecule has 2 aromatic carbocycles. The molecular formula is C50H62ClF2N5O11S3. The number of anilines is 2. The highest BCUT2D eigenvalue weighted by molar-refractivity contribution is 8.03. The molecule has 3 atom stereocenters. The van der Waals surface area contributed by atoms with Crippen LogP contribution in [0.5, 0.6) is 0 Å². The Bertz CT molecular complexity index is 2970. The fourth-order valence-corrected chi connectivity index (χ4v) is 12.2. The second kappa shape index (κ2) is 22.9. The number of para-hydroxylation sites is 2. The fourth-order valence-electron chi connectivity index (χ4n) is 9.87. The number of amides is 1. The summed E-state index contributed by atoms with van der Waals surface area (Å²) in [5.74, 6) is -4.92. The average Bonchev–Trinajstić information content (AvgIpc) is 3.76. The first-order valence-corrected chi connectivity index (χ1v) is 27.8. The lowest BCUT2D eigenvalue weighted by Crippen LogP contribution is -3.00. The first-order valence-electron chi connectivity index (χ1n) is 23.6. The molecule has 0 bridgehead atoms. The van der Waals surface area contributed by atoms with E-state index in [9.17, 15) is 54.5 Å². The second-order valence-corrected chi connectivity index (χ2v) is 23.5. The van der Waals surface area contributed by atoms with E-state index < -0.39 is 73.6 Å². The van der Waals surface area contributed by atoms with Crippen LogP contribution < -0.4 is 28.3 Å². The summed E-state index contributed by atoms with van der Waals surface area (Å²) in [5.41, 5.74) is 6.37. The number of carbonyl (C=O) groups excluding carboxylic acids is 1. The van der Waals surface area contributed by atoms with Gasteiger partial charge in [0.25, 0.3) is 20.2 Å². The number of allylic oxidation sites excluding steroid dienone is 7. The molecule has 1 amide bonds. The van der Waals surface area contributed by atoms with Gasteiger partial charge in [0.1, 0.15) is 18.5 Å². The highest BCUT2D eigenvalue weighted by Gasteiger charge is 2.59. The van der Waals surface area contributed by atoms with Crippen molar-refractivity contribution in [3.05, 3.63) is 128 Å². The number of hydrogen-bond acceptors (Lipinski definition) is 12. The van der Waals surface area contributed by atoms with Gasteiger partial charge in [-0.3, -0.25) is 18.5 Å². The number of aliphatic hydroxyl groups excluding tert-OH is 2. The van der Waals surface area contributed by atoms with Crippen molar-refractivity contribution in [2.75, 3.05) is 47.2 Å². The molecular weight excluding hydrogens is 1020 g/mol. The van der Waals surface area contributed by atoms with Crippen molar-refractivity contribution in [3.8, 4) is 0 Å². The third-order valence-corrected chi connectivity index (χ3v) is 16.3. The predicted molar refractivity (Wildman–Crippen MR) is 270 cm³/mol. The van der Waals surface area contributed by atoms with Crippen molar-refractivity contribution < 1.29 is 71.4 Å². The number of nitrogens with zero attached hydrogens (tertiary/aromatic N) is 4. The fraction of sp³-hybridized carbons (Fsp3) is 0.480. The monoisotopic (exact) mass is 1080 g/mol. The van der Waals surface area contributed by atoms with Crippen molar-refractivity contribution in [1.29, 1.82) is 0 Å². The van der Waals surface area contributed by atoms with Crippen LogP contribution in [0.4, 0.5) is 26.0 Å². The smallest absolute Gasteiger partial charge is 0.351 e. The number of benzene rings is 2. The van der Waals surface area contributed by atoms with Gasteiger partial charge in [0.05, 0.1) is 23.5 Å². The first-order chi connectivity index (χ1) is 33.4. The van der Waals surface area contributed by atoms with E-state index in [2.05, 4.69) is 83.9 Å². The molecule has 7 rings (SSSR count). The Morgan fingerprint density at radius 3 is 2.25 bits per heavy atom. The molecule has 0 radical (unpaired) electrons. The number of unbranched alkanes of at least 4 members (excludes halogenated alkanes) is 2. The molecule has 1 aliphatic carbocycles. The molecule has 3 aliphatic heterocycles. The standard InChI is InChI=1S/C50H61F2N5O11S3.ClH/c1-48(2)35-16-5-7-18-37(35)55(26-9-11-30-70(62,63)64)40(48)22-20-33-14-13-15-34(21-23-41-49(3,4)36-17-6-8-19-38(36)56(41)27-10-12-31-71(65,66)67)44(33)69-29-25-43(59)53-42-24-28-57(47(61)54-42)46-50(51,52)45(60)39(32-58)68-46;/h5-8,16-24,28,39,45-46,58,60H,9-15,25-27,29-32H2,1-4H3,(H2-,53,54,59,61,62,63,64,65,66,67);1H/t39-,45-,46-;/m1./s1. The van der Waals surface area contributed by atoms with Gasteiger partial charge in [-0.25, -0.2) is 4.79 Å². The molecule has 22 heteroatoms. The minimum absolute atomic E-state index is 0. The van der Waals surface area contributed by atoms with Gasteiger partial charge in [-0.15, -0.1) is 11.8 Å². The zero-order valence-corrected chi connectivity index (χ0v) is 43.7. The number of ether oxygens (including phenoxy) is 1. The van der Waals surface area contributed by atoms with Crippen LogP contribution in [0.3, 0.4) is 0 Å². The molecule has 1 saturated heterocycles. The van der Waals surface area contributed by atoms with Gasteiger partial charge in [0, 0.05) is 70.7 Å². The van der Waals surface area contributed by atoms with Crippen molar-refractivity contribution in [1.82, 2.24) is 9.55 Å². The second-order valence-electron chi connectivity index (χ2n) is 19.2. The molecule has 0 spiro atoms. The maximum absolute atomic E-state index is 14.8. The highest BCUT2D eigenvalue weighted by Crippen LogP contribution is 2.49. The lowest BCUT2D eigenvalue weighted by molar-refractivity contribution is -0.438. The van der Waals surface area contributed by atoms with Crippen LogP contribution in [0.25, 0.3) is 0 Å². The quantitative estimate of drug-likeness (QED) is 0.0607. The number of alkyl halides is 2. The van der Waals surface area contributed by atoms with Gasteiger partial charge in [0.2, 0.25) is 17.8 Å². The Hall–Kier alpha value is -4.58. The number of rotatable bonds is 20. The molecule has 5 N–H and O–H groups in total. The van der Waals surface area contributed by atoms with E-state index in [-0.39, 0.29) is 49.0 Å². The van der Waals surface area contributed by atoms with E-state index >= 15 is 0 Å². The Kier molecular flexibility index (Phi) is 18.0. The van der Waals surface area contributed by atoms with E-state index in [0.717, 1.165) is 75.4 Å². The first kappa shape index (κ1) is 56.7. The number of halogens is 3. The number of aliphatic hydroxyl groups is 2. The SMILES string of the molecule is CC1(C)C(/C=C/C2=C(SCCC(=O)Nc3ccn([C@@H]4O[C@H](CO)[C@@H](O)C4(F)F)c(=O)n3)C(=C/C=C3/N(CCCCS(=O)(=O)O)c4ccccc4C3(C)C)/CCC2)=[N+](CCCCS(=O)(=O)O)c2ccccc21.[Cl-]. The van der Waals surface area contributed by atoms with Crippen molar-refractivity contribution >= 4 is 60.8 Å². The van der Waals surface area contributed by atoms with Gasteiger partial charge in [-0.05, 0) is 87.3 Å². The third kappa shape index (κ3) is 12.7. The Morgan fingerprint density at radius 1 is 0.917 bits per heavy atom. The molecule has 0 saturated carbocycles. The summed E-state index contributed by atoms with van der Waals surface area (Å²) in [6, 6.07) is 17.4. The van der Waals surface area contributed by atoms with E-state index in [1.54, 1.807) is 0 Å². The van der Waals surface area contributed by atoms with E-state index in [0.29, 0.717) is 36.3 Å². The summed E-state index contributed by atoms with van der Waals surface area (Å²) in [5, 5.41) is 21.9. The summed E-state index contributed by atoms with van der Waals surface area (Å²) in [4.78, 5) is 33.3. The van der Waals surface area contributed by atoms with Crippen molar-refractivity contribution in [2.45, 2.75) is 114 Å². The Labute approximate surface area is 429 Å². The predicted octanol–water partition coefficient (Wildman–Crippen LogP) is 4.21. The van der Waals surface area contributed by atoms with Crippen molar-refractivity contribution in [2.24, 2.45) is 0 Å². The minimum Gasteiger partial charge on any atom is -1.00 e. The molecule has 1 aromatic heterocycles. The molecule has 4 aliphatic rings.